The molecular formula is C11H10N4O. The van der Waals surface area contributed by atoms with Crippen molar-refractivity contribution in [2.45, 2.75) is 13.3 Å². The fourth-order valence-corrected chi connectivity index (χ4v) is 1.73. The Morgan fingerprint density at radius 1 is 1.44 bits per heavy atom. The summed E-state index contributed by atoms with van der Waals surface area (Å²) in [5.74, 6) is 0.869. The largest absolute Gasteiger partial charge is 0.469 e. The predicted octanol–water partition coefficient (Wildman–Crippen LogP) is 1.85. The molecule has 0 saturated carbocycles. The molecule has 80 valence electrons. The number of nitrogens with zero attached hydrogens (tertiary/aromatic N) is 3. The smallest absolute Gasteiger partial charge is 0.109 e. The Hall–Kier alpha value is -2.17. The molecule has 0 atom stereocenters. The van der Waals surface area contributed by atoms with Gasteiger partial charge in [0.15, 0.2) is 0 Å². The SMILES string of the molecule is Cc1n[nH]c2c(Cc3ccco3)nncc12. The molecule has 5 nitrogen and oxygen atoms in total. The number of fused-ring (bicyclic) bond motifs is 1. The molecule has 0 unspecified atom stereocenters. The van der Waals surface area contributed by atoms with Crippen LogP contribution in [0.2, 0.25) is 0 Å². The quantitative estimate of drug-likeness (QED) is 0.706. The van der Waals surface area contributed by atoms with E-state index in [1.165, 1.54) is 0 Å². The van der Waals surface area contributed by atoms with Crippen LogP contribution in [-0.2, 0) is 6.42 Å². The molecule has 3 aromatic rings. The van der Waals surface area contributed by atoms with Crippen LogP contribution in [0.25, 0.3) is 10.9 Å². The average molecular weight is 214 g/mol. The second kappa shape index (κ2) is 3.44. The summed E-state index contributed by atoms with van der Waals surface area (Å²) >= 11 is 0. The summed E-state index contributed by atoms with van der Waals surface area (Å²) in [4.78, 5) is 0. The highest BCUT2D eigenvalue weighted by molar-refractivity contribution is 5.82. The van der Waals surface area contributed by atoms with E-state index in [0.29, 0.717) is 6.42 Å². The normalized spacial score (nSPS) is 11.1. The van der Waals surface area contributed by atoms with Crippen molar-refractivity contribution >= 4 is 10.9 Å². The third-order valence-electron chi connectivity index (χ3n) is 2.57. The van der Waals surface area contributed by atoms with Gasteiger partial charge in [-0.15, -0.1) is 0 Å². The van der Waals surface area contributed by atoms with Crippen molar-refractivity contribution in [3.05, 3.63) is 41.7 Å². The van der Waals surface area contributed by atoms with Gasteiger partial charge in [0.2, 0.25) is 0 Å². The molecule has 3 aromatic heterocycles. The van der Waals surface area contributed by atoms with E-state index in [1.807, 2.05) is 19.1 Å². The van der Waals surface area contributed by atoms with Crippen molar-refractivity contribution < 1.29 is 4.42 Å². The van der Waals surface area contributed by atoms with Crippen LogP contribution in [0.4, 0.5) is 0 Å². The third kappa shape index (κ3) is 1.37. The van der Waals surface area contributed by atoms with E-state index in [0.717, 1.165) is 28.1 Å². The van der Waals surface area contributed by atoms with E-state index in [2.05, 4.69) is 20.4 Å². The third-order valence-corrected chi connectivity index (χ3v) is 2.57. The lowest BCUT2D eigenvalue weighted by atomic mass is 10.2. The Morgan fingerprint density at radius 2 is 2.38 bits per heavy atom. The lowest BCUT2D eigenvalue weighted by Gasteiger charge is -1.97. The topological polar surface area (TPSA) is 67.6 Å². The van der Waals surface area contributed by atoms with Crippen LogP contribution >= 0.6 is 0 Å². The van der Waals surface area contributed by atoms with Crippen molar-refractivity contribution in [3.63, 3.8) is 0 Å². The van der Waals surface area contributed by atoms with Gasteiger partial charge in [-0.3, -0.25) is 5.10 Å². The predicted molar refractivity (Wildman–Crippen MR) is 57.9 cm³/mol. The zero-order chi connectivity index (χ0) is 11.0. The van der Waals surface area contributed by atoms with Crippen LogP contribution < -0.4 is 0 Å². The number of aryl methyl sites for hydroxylation is 1. The molecule has 0 saturated heterocycles. The molecule has 3 heterocycles. The first-order valence-electron chi connectivity index (χ1n) is 5.02. The minimum Gasteiger partial charge on any atom is -0.469 e. The number of rotatable bonds is 2. The first-order valence-corrected chi connectivity index (χ1v) is 5.02. The Balaban J connectivity index is 2.10. The molecule has 0 fully saturated rings. The Kier molecular flexibility index (Phi) is 1.96. The molecule has 0 bridgehead atoms. The summed E-state index contributed by atoms with van der Waals surface area (Å²) in [5, 5.41) is 16.2. The first-order chi connectivity index (χ1) is 7.84. The molecule has 0 aliphatic carbocycles. The number of aromatic amines is 1. The van der Waals surface area contributed by atoms with Gasteiger partial charge in [0.05, 0.1) is 35.8 Å². The van der Waals surface area contributed by atoms with Crippen LogP contribution in [0.3, 0.4) is 0 Å². The second-order valence-corrected chi connectivity index (χ2v) is 3.65. The zero-order valence-electron chi connectivity index (χ0n) is 8.77. The van der Waals surface area contributed by atoms with Gasteiger partial charge in [-0.2, -0.15) is 15.3 Å². The highest BCUT2D eigenvalue weighted by Crippen LogP contribution is 2.18. The monoisotopic (exact) mass is 214 g/mol. The summed E-state index contributed by atoms with van der Waals surface area (Å²) < 4.78 is 5.29. The van der Waals surface area contributed by atoms with Crippen LogP contribution in [0.15, 0.2) is 29.0 Å². The molecule has 0 aliphatic rings. The summed E-state index contributed by atoms with van der Waals surface area (Å²) in [6.07, 6.45) is 4.00. The van der Waals surface area contributed by atoms with Crippen molar-refractivity contribution in [2.75, 3.05) is 0 Å². The summed E-state index contributed by atoms with van der Waals surface area (Å²) in [5.41, 5.74) is 2.72. The number of furan rings is 1. The highest BCUT2D eigenvalue weighted by Gasteiger charge is 2.10. The number of hydrogen-bond acceptors (Lipinski definition) is 4. The lowest BCUT2D eigenvalue weighted by molar-refractivity contribution is 0.519. The summed E-state index contributed by atoms with van der Waals surface area (Å²) in [7, 11) is 0. The minimum atomic E-state index is 0.624. The van der Waals surface area contributed by atoms with E-state index < -0.39 is 0 Å². The molecule has 0 aromatic carbocycles. The molecule has 0 amide bonds. The average Bonchev–Trinajstić information content (AvgIpc) is 2.90. The van der Waals surface area contributed by atoms with Gasteiger partial charge < -0.3 is 4.42 Å². The van der Waals surface area contributed by atoms with Gasteiger partial charge in [-0.25, -0.2) is 0 Å². The summed E-state index contributed by atoms with van der Waals surface area (Å²) in [6, 6.07) is 3.78. The second-order valence-electron chi connectivity index (χ2n) is 3.65. The number of aromatic nitrogens is 4. The lowest BCUT2D eigenvalue weighted by Crippen LogP contribution is -1.94. The highest BCUT2D eigenvalue weighted by atomic mass is 16.3. The van der Waals surface area contributed by atoms with Gasteiger partial charge >= 0.3 is 0 Å². The summed E-state index contributed by atoms with van der Waals surface area (Å²) in [6.45, 7) is 1.94. The Bertz CT molecular complexity index is 612. The molecule has 3 rings (SSSR count). The number of hydrogen-bond donors (Lipinski definition) is 1. The van der Waals surface area contributed by atoms with E-state index in [4.69, 9.17) is 4.42 Å². The van der Waals surface area contributed by atoms with Crippen LogP contribution in [0.1, 0.15) is 17.1 Å². The van der Waals surface area contributed by atoms with Gasteiger partial charge in [-0.05, 0) is 19.1 Å². The van der Waals surface area contributed by atoms with E-state index >= 15 is 0 Å². The number of nitrogens with one attached hydrogen (secondary N) is 1. The van der Waals surface area contributed by atoms with Crippen molar-refractivity contribution in [1.29, 1.82) is 0 Å². The van der Waals surface area contributed by atoms with Gasteiger partial charge in [0.25, 0.3) is 0 Å². The molecule has 0 radical (unpaired) electrons. The molecular weight excluding hydrogens is 204 g/mol. The molecule has 5 heteroatoms. The number of H-pyrrole nitrogens is 1. The fourth-order valence-electron chi connectivity index (χ4n) is 1.73. The molecule has 0 aliphatic heterocycles. The molecule has 16 heavy (non-hydrogen) atoms. The maximum atomic E-state index is 5.29. The van der Waals surface area contributed by atoms with Gasteiger partial charge in [0.1, 0.15) is 5.76 Å². The molecule has 0 spiro atoms. The van der Waals surface area contributed by atoms with Gasteiger partial charge in [0, 0.05) is 5.39 Å². The minimum absolute atomic E-state index is 0.624. The van der Waals surface area contributed by atoms with E-state index in [1.54, 1.807) is 12.5 Å². The van der Waals surface area contributed by atoms with Gasteiger partial charge in [-0.1, -0.05) is 0 Å². The van der Waals surface area contributed by atoms with Crippen molar-refractivity contribution in [2.24, 2.45) is 0 Å². The van der Waals surface area contributed by atoms with E-state index in [-0.39, 0.29) is 0 Å². The molecule has 1 N–H and O–H groups in total. The van der Waals surface area contributed by atoms with Crippen LogP contribution in [-0.4, -0.2) is 20.4 Å². The van der Waals surface area contributed by atoms with E-state index in [9.17, 15) is 0 Å². The van der Waals surface area contributed by atoms with Crippen molar-refractivity contribution in [1.82, 2.24) is 20.4 Å². The standard InChI is InChI=1S/C11H10N4O/c1-7-9-6-12-14-10(11(9)15-13-7)5-8-3-2-4-16-8/h2-4,6H,5H2,1H3,(H,13,15). The van der Waals surface area contributed by atoms with Crippen molar-refractivity contribution in [3.8, 4) is 0 Å². The Labute approximate surface area is 91.5 Å². The van der Waals surface area contributed by atoms with Crippen LogP contribution in [0, 0.1) is 6.92 Å². The zero-order valence-corrected chi connectivity index (χ0v) is 8.77. The maximum absolute atomic E-state index is 5.29. The maximum Gasteiger partial charge on any atom is 0.109 e. The Morgan fingerprint density at radius 3 is 3.19 bits per heavy atom. The fraction of sp³-hybridized carbons (Fsp3) is 0.182. The van der Waals surface area contributed by atoms with Crippen LogP contribution in [0.5, 0.6) is 0 Å². The first kappa shape index (κ1) is 9.08.